The normalized spacial score (nSPS) is 26.2. The third kappa shape index (κ3) is 3.37. The Morgan fingerprint density at radius 1 is 1.24 bits per heavy atom. The number of nitrogens with one attached hydrogen (secondary N) is 1. The molecule has 2 aliphatic rings. The van der Waals surface area contributed by atoms with Crippen LogP contribution < -0.4 is 9.64 Å². The minimum atomic E-state index is 0.763. The summed E-state index contributed by atoms with van der Waals surface area (Å²) >= 11 is 5.71. The molecule has 5 nitrogen and oxygen atoms in total. The Morgan fingerprint density at radius 3 is 2.96 bits per heavy atom. The fourth-order valence-corrected chi connectivity index (χ4v) is 4.90. The third-order valence-corrected chi connectivity index (χ3v) is 6.33. The molecule has 2 fully saturated rings. The van der Waals surface area contributed by atoms with E-state index in [-0.39, 0.29) is 0 Å². The molecule has 0 spiro atoms. The number of aromatic nitrogens is 3. The van der Waals surface area contributed by atoms with E-state index in [1.54, 1.807) is 12.0 Å². The minimum absolute atomic E-state index is 0.763. The van der Waals surface area contributed by atoms with Crippen molar-refractivity contribution in [3.05, 3.63) is 35.4 Å². The molecule has 2 aromatic rings. The first kappa shape index (κ1) is 16.8. The Hall–Kier alpha value is -1.66. The topological polar surface area (TPSA) is 36.4 Å². The highest BCUT2D eigenvalue weighted by molar-refractivity contribution is 7.71. The van der Waals surface area contributed by atoms with Gasteiger partial charge in [0.15, 0.2) is 6.67 Å². The molecule has 0 bridgehead atoms. The highest BCUT2D eigenvalue weighted by Crippen LogP contribution is 2.28. The van der Waals surface area contributed by atoms with Gasteiger partial charge >= 0.3 is 0 Å². The number of hydrogen-bond acceptors (Lipinski definition) is 3. The zero-order valence-corrected chi connectivity index (χ0v) is 15.7. The van der Waals surface area contributed by atoms with E-state index in [4.69, 9.17) is 17.0 Å². The lowest BCUT2D eigenvalue weighted by Gasteiger charge is -2.40. The quantitative estimate of drug-likeness (QED) is 0.853. The minimum Gasteiger partial charge on any atom is -0.497 e. The van der Waals surface area contributed by atoms with E-state index in [1.165, 1.54) is 45.1 Å². The molecule has 1 unspecified atom stereocenters. The van der Waals surface area contributed by atoms with Gasteiger partial charge in [-0.1, -0.05) is 12.5 Å². The van der Waals surface area contributed by atoms with Crippen molar-refractivity contribution in [1.82, 2.24) is 14.3 Å². The number of quaternary nitrogens is 1. The smallest absolute Gasteiger partial charge is 0.207 e. The van der Waals surface area contributed by atoms with E-state index in [0.29, 0.717) is 0 Å². The van der Waals surface area contributed by atoms with E-state index >= 15 is 0 Å². The largest absolute Gasteiger partial charge is 0.497 e. The van der Waals surface area contributed by atoms with Crippen LogP contribution in [0.25, 0.3) is 5.69 Å². The molecule has 3 atom stereocenters. The molecule has 4 rings (SSSR count). The van der Waals surface area contributed by atoms with Crippen molar-refractivity contribution in [3.8, 4) is 11.4 Å². The summed E-state index contributed by atoms with van der Waals surface area (Å²) in [5, 5.41) is 4.59. The molecule has 1 aromatic carbocycles. The maximum absolute atomic E-state index is 5.71. The highest BCUT2D eigenvalue weighted by atomic mass is 32.1. The molecule has 1 N–H and O–H groups in total. The number of benzene rings is 1. The molecule has 134 valence electrons. The third-order valence-electron chi connectivity index (χ3n) is 5.92. The lowest BCUT2D eigenvalue weighted by atomic mass is 9.78. The zero-order chi connectivity index (χ0) is 17.2. The van der Waals surface area contributed by atoms with Crippen molar-refractivity contribution < 1.29 is 9.64 Å². The van der Waals surface area contributed by atoms with Crippen LogP contribution in [0.4, 0.5) is 0 Å². The summed E-state index contributed by atoms with van der Waals surface area (Å²) in [5.41, 5.74) is 1.000. The predicted octanol–water partition coefficient (Wildman–Crippen LogP) is 2.61. The molecule has 1 aliphatic heterocycles. The van der Waals surface area contributed by atoms with E-state index in [9.17, 15) is 0 Å². The molecule has 0 amide bonds. The number of piperidine rings is 1. The van der Waals surface area contributed by atoms with Gasteiger partial charge in [-0.15, -0.1) is 0 Å². The van der Waals surface area contributed by atoms with Crippen molar-refractivity contribution in [2.24, 2.45) is 5.92 Å². The number of fused-ring (bicyclic) bond motifs is 1. The average Bonchev–Trinajstić information content (AvgIpc) is 3.02. The van der Waals surface area contributed by atoms with E-state index in [2.05, 4.69) is 5.10 Å². The first-order valence-corrected chi connectivity index (χ1v) is 9.80. The van der Waals surface area contributed by atoms with Gasteiger partial charge in [-0.2, -0.15) is 9.78 Å². The van der Waals surface area contributed by atoms with Gasteiger partial charge in [-0.05, 0) is 56.5 Å². The van der Waals surface area contributed by atoms with Crippen molar-refractivity contribution in [2.45, 2.75) is 51.2 Å². The van der Waals surface area contributed by atoms with Crippen molar-refractivity contribution >= 4 is 12.2 Å². The van der Waals surface area contributed by atoms with Crippen molar-refractivity contribution in [2.75, 3.05) is 13.7 Å². The zero-order valence-electron chi connectivity index (χ0n) is 14.9. The summed E-state index contributed by atoms with van der Waals surface area (Å²) in [6, 6.07) is 8.75. The molecule has 0 radical (unpaired) electrons. The number of methoxy groups -OCH3 is 1. The standard InChI is InChI=1S/C19H26N4OS/c1-24-17-9-4-8-16(12-17)22-13-20-23(19(22)25)14-21-11-5-7-15-6-2-3-10-18(15)21/h4,8-9,12-13,15,18H,2-3,5-7,10-11,14H2,1H3/p+1/t15-,18-/m0/s1. The summed E-state index contributed by atoms with van der Waals surface area (Å²) in [4.78, 5) is 1.67. The van der Waals surface area contributed by atoms with Crippen LogP contribution in [0.5, 0.6) is 5.75 Å². The number of hydrogen-bond donors (Lipinski definition) is 1. The maximum Gasteiger partial charge on any atom is 0.207 e. The molecule has 6 heteroatoms. The Morgan fingerprint density at radius 2 is 2.08 bits per heavy atom. The van der Waals surface area contributed by atoms with Crippen LogP contribution in [-0.2, 0) is 6.67 Å². The molecule has 1 aliphatic carbocycles. The Bertz CT molecular complexity index is 782. The predicted molar refractivity (Wildman–Crippen MR) is 99.7 cm³/mol. The van der Waals surface area contributed by atoms with Gasteiger partial charge in [-0.3, -0.25) is 4.57 Å². The Kier molecular flexibility index (Phi) is 4.90. The second-order valence-corrected chi connectivity index (χ2v) is 7.71. The van der Waals surface area contributed by atoms with Crippen molar-refractivity contribution in [3.63, 3.8) is 0 Å². The summed E-state index contributed by atoms with van der Waals surface area (Å²) < 4.78 is 10.1. The van der Waals surface area contributed by atoms with Crippen LogP contribution >= 0.6 is 12.2 Å². The Balaban J connectivity index is 1.55. The summed E-state index contributed by atoms with van der Waals surface area (Å²) in [6.45, 7) is 2.13. The fourth-order valence-electron chi connectivity index (χ4n) is 4.64. The lowest BCUT2D eigenvalue weighted by molar-refractivity contribution is -0.958. The summed E-state index contributed by atoms with van der Waals surface area (Å²) in [6.07, 6.45) is 10.2. The second-order valence-electron chi connectivity index (χ2n) is 7.34. The van der Waals surface area contributed by atoms with Gasteiger partial charge in [0.05, 0.1) is 25.4 Å². The van der Waals surface area contributed by atoms with Crippen LogP contribution in [0.1, 0.15) is 38.5 Å². The molecular weight excluding hydrogens is 332 g/mol. The summed E-state index contributed by atoms with van der Waals surface area (Å²) in [5.74, 6) is 1.74. The SMILES string of the molecule is COc1cccc(-n2cnn(C[NH+]3CCC[C@@H]4CCCC[C@@H]43)c2=S)c1. The van der Waals surface area contributed by atoms with Crippen LogP contribution in [0.15, 0.2) is 30.6 Å². The van der Waals surface area contributed by atoms with Gasteiger partial charge in [-0.25, -0.2) is 0 Å². The van der Waals surface area contributed by atoms with Crippen LogP contribution in [0, 0.1) is 10.7 Å². The van der Waals surface area contributed by atoms with Crippen LogP contribution in [0.3, 0.4) is 0 Å². The van der Waals surface area contributed by atoms with E-state index < -0.39 is 0 Å². The average molecular weight is 360 g/mol. The number of rotatable bonds is 4. The highest BCUT2D eigenvalue weighted by Gasteiger charge is 2.36. The fraction of sp³-hybridized carbons (Fsp3) is 0.579. The second kappa shape index (κ2) is 7.30. The Labute approximate surface area is 154 Å². The maximum atomic E-state index is 5.71. The molecular formula is C19H27N4OS+. The first-order valence-electron chi connectivity index (χ1n) is 9.40. The van der Waals surface area contributed by atoms with Crippen molar-refractivity contribution in [1.29, 1.82) is 0 Å². The molecule has 1 saturated carbocycles. The van der Waals surface area contributed by atoms with E-state index in [0.717, 1.165) is 34.8 Å². The molecule has 2 heterocycles. The van der Waals surface area contributed by atoms with Gasteiger partial charge < -0.3 is 9.64 Å². The van der Waals surface area contributed by atoms with Gasteiger partial charge in [0.1, 0.15) is 12.1 Å². The van der Waals surface area contributed by atoms with E-state index in [1.807, 2.05) is 39.8 Å². The molecule has 1 saturated heterocycles. The number of ether oxygens (including phenoxy) is 1. The molecule has 1 aromatic heterocycles. The van der Waals surface area contributed by atoms with Gasteiger partial charge in [0.2, 0.25) is 4.77 Å². The van der Waals surface area contributed by atoms with Crippen LogP contribution in [-0.4, -0.2) is 34.0 Å². The number of likely N-dealkylation sites (tertiary alicyclic amines) is 1. The van der Waals surface area contributed by atoms with Crippen LogP contribution in [0.2, 0.25) is 0 Å². The summed E-state index contributed by atoms with van der Waals surface area (Å²) in [7, 11) is 1.68. The lowest BCUT2D eigenvalue weighted by Crippen LogP contribution is -3.17. The monoisotopic (exact) mass is 359 g/mol. The first-order chi connectivity index (χ1) is 12.3. The van der Waals surface area contributed by atoms with Gasteiger partial charge in [0.25, 0.3) is 0 Å². The number of nitrogens with zero attached hydrogens (tertiary/aromatic N) is 3. The van der Waals surface area contributed by atoms with Gasteiger partial charge in [0, 0.05) is 12.0 Å². The molecule has 25 heavy (non-hydrogen) atoms.